The van der Waals surface area contributed by atoms with Crippen molar-refractivity contribution in [3.63, 3.8) is 0 Å². The van der Waals surface area contributed by atoms with Gasteiger partial charge in [-0.05, 0) is 36.1 Å². The second-order valence-corrected chi connectivity index (χ2v) is 6.80. The zero-order chi connectivity index (χ0) is 19.4. The number of aryl methyl sites for hydroxylation is 1. The topological polar surface area (TPSA) is 73.9 Å². The molecule has 0 saturated carbocycles. The van der Waals surface area contributed by atoms with Crippen LogP contribution in [0.3, 0.4) is 0 Å². The molecule has 1 amide bonds. The molecule has 0 spiro atoms. The van der Waals surface area contributed by atoms with Gasteiger partial charge < -0.3 is 19.5 Å². The van der Waals surface area contributed by atoms with Gasteiger partial charge in [-0.1, -0.05) is 18.2 Å². The third-order valence-corrected chi connectivity index (χ3v) is 5.30. The van der Waals surface area contributed by atoms with Crippen molar-refractivity contribution in [2.75, 3.05) is 26.1 Å². The first-order valence-electron chi connectivity index (χ1n) is 8.20. The molecule has 1 N–H and O–H groups in total. The summed E-state index contributed by atoms with van der Waals surface area (Å²) in [6, 6.07) is 12.8. The largest absolute Gasteiger partial charge is 0.497 e. The lowest BCUT2D eigenvalue weighted by molar-refractivity contribution is -0.119. The maximum atomic E-state index is 12.4. The van der Waals surface area contributed by atoms with Crippen LogP contribution in [0.5, 0.6) is 11.5 Å². The predicted molar refractivity (Wildman–Crippen MR) is 105 cm³/mol. The second kappa shape index (κ2) is 8.09. The number of methoxy groups -OCH3 is 2. The molecule has 1 aromatic heterocycles. The first kappa shape index (κ1) is 18.7. The van der Waals surface area contributed by atoms with Crippen molar-refractivity contribution >= 4 is 39.0 Å². The number of hydrogen-bond donors (Lipinski definition) is 1. The number of nitrogens with one attached hydrogen (secondary N) is 1. The summed E-state index contributed by atoms with van der Waals surface area (Å²) in [5, 5.41) is 3.68. The van der Waals surface area contributed by atoms with E-state index in [0.717, 1.165) is 15.6 Å². The van der Waals surface area contributed by atoms with Crippen LogP contribution >= 0.6 is 11.3 Å². The summed E-state index contributed by atoms with van der Waals surface area (Å²) in [5.74, 6) is 0.0787. The standard InChI is InChI=1S/C20H19NO5S/c1-12-14-6-4-5-7-17(14)27-19(12)20(23)26-11-18(22)21-15-10-13(24-2)8-9-16(15)25-3/h4-10H,11H2,1-3H3,(H,21,22). The van der Waals surface area contributed by atoms with Crippen LogP contribution in [0.25, 0.3) is 10.1 Å². The van der Waals surface area contributed by atoms with Gasteiger partial charge in [-0.3, -0.25) is 4.79 Å². The Morgan fingerprint density at radius 1 is 1.07 bits per heavy atom. The molecule has 0 aliphatic carbocycles. The fourth-order valence-electron chi connectivity index (χ4n) is 2.66. The van der Waals surface area contributed by atoms with E-state index in [1.807, 2.05) is 31.2 Å². The van der Waals surface area contributed by atoms with Crippen LogP contribution in [-0.4, -0.2) is 32.7 Å². The molecule has 140 valence electrons. The summed E-state index contributed by atoms with van der Waals surface area (Å²) in [6.45, 7) is 1.48. The Balaban J connectivity index is 1.67. The van der Waals surface area contributed by atoms with E-state index in [-0.39, 0.29) is 0 Å². The van der Waals surface area contributed by atoms with Crippen molar-refractivity contribution in [1.29, 1.82) is 0 Å². The number of esters is 1. The number of benzene rings is 2. The predicted octanol–water partition coefficient (Wildman–Crippen LogP) is 4.02. The van der Waals surface area contributed by atoms with Crippen molar-refractivity contribution in [2.45, 2.75) is 6.92 Å². The maximum absolute atomic E-state index is 12.4. The lowest BCUT2D eigenvalue weighted by Crippen LogP contribution is -2.21. The number of rotatable bonds is 6. The molecular weight excluding hydrogens is 366 g/mol. The highest BCUT2D eigenvalue weighted by atomic mass is 32.1. The minimum absolute atomic E-state index is 0.396. The van der Waals surface area contributed by atoms with Crippen molar-refractivity contribution in [1.82, 2.24) is 0 Å². The molecule has 0 radical (unpaired) electrons. The second-order valence-electron chi connectivity index (χ2n) is 5.74. The van der Waals surface area contributed by atoms with Crippen LogP contribution in [0.2, 0.25) is 0 Å². The third kappa shape index (κ3) is 4.03. The first-order valence-corrected chi connectivity index (χ1v) is 9.02. The minimum atomic E-state index is -0.513. The molecule has 2 aromatic carbocycles. The number of carbonyl (C=O) groups is 2. The highest BCUT2D eigenvalue weighted by Crippen LogP contribution is 2.31. The third-order valence-electron chi connectivity index (χ3n) is 4.04. The number of hydrogen-bond acceptors (Lipinski definition) is 6. The van der Waals surface area contributed by atoms with Crippen LogP contribution in [0, 0.1) is 6.92 Å². The molecule has 6 nitrogen and oxygen atoms in total. The molecule has 3 aromatic rings. The van der Waals surface area contributed by atoms with Gasteiger partial charge in [-0.25, -0.2) is 4.79 Å². The quantitative estimate of drug-likeness (QED) is 0.649. The summed E-state index contributed by atoms with van der Waals surface area (Å²) < 4.78 is 16.6. The average Bonchev–Trinajstić information content (AvgIpc) is 3.03. The summed E-state index contributed by atoms with van der Waals surface area (Å²) in [6.07, 6.45) is 0. The van der Waals surface area contributed by atoms with Gasteiger partial charge in [0.1, 0.15) is 16.4 Å². The van der Waals surface area contributed by atoms with E-state index < -0.39 is 18.5 Å². The van der Waals surface area contributed by atoms with E-state index in [0.29, 0.717) is 22.1 Å². The van der Waals surface area contributed by atoms with E-state index in [4.69, 9.17) is 14.2 Å². The summed E-state index contributed by atoms with van der Waals surface area (Å²) in [5.41, 5.74) is 1.30. The molecule has 0 saturated heterocycles. The van der Waals surface area contributed by atoms with Gasteiger partial charge >= 0.3 is 5.97 Å². The van der Waals surface area contributed by atoms with Crippen molar-refractivity contribution in [3.8, 4) is 11.5 Å². The Morgan fingerprint density at radius 2 is 1.85 bits per heavy atom. The number of ether oxygens (including phenoxy) is 3. The number of thiophene rings is 1. The maximum Gasteiger partial charge on any atom is 0.349 e. The fourth-order valence-corrected chi connectivity index (χ4v) is 3.77. The van der Waals surface area contributed by atoms with E-state index in [1.165, 1.54) is 25.6 Å². The van der Waals surface area contributed by atoms with E-state index >= 15 is 0 Å². The van der Waals surface area contributed by atoms with Gasteiger partial charge in [-0.2, -0.15) is 0 Å². The number of fused-ring (bicyclic) bond motifs is 1. The van der Waals surface area contributed by atoms with E-state index in [9.17, 15) is 9.59 Å². The Hall–Kier alpha value is -3.06. The smallest absolute Gasteiger partial charge is 0.349 e. The summed E-state index contributed by atoms with van der Waals surface area (Å²) >= 11 is 1.36. The lowest BCUT2D eigenvalue weighted by Gasteiger charge is -2.11. The molecule has 1 heterocycles. The van der Waals surface area contributed by atoms with Gasteiger partial charge in [0.2, 0.25) is 0 Å². The van der Waals surface area contributed by atoms with Crippen LogP contribution in [0.4, 0.5) is 5.69 Å². The fraction of sp³-hybridized carbons (Fsp3) is 0.200. The van der Waals surface area contributed by atoms with Crippen molar-refractivity contribution in [3.05, 3.63) is 52.9 Å². The number of carbonyl (C=O) groups excluding carboxylic acids is 2. The molecule has 7 heteroatoms. The molecule has 0 aliphatic heterocycles. The van der Waals surface area contributed by atoms with Crippen LogP contribution in [0.1, 0.15) is 15.2 Å². The molecular formula is C20H19NO5S. The zero-order valence-electron chi connectivity index (χ0n) is 15.2. The Bertz CT molecular complexity index is 995. The summed E-state index contributed by atoms with van der Waals surface area (Å²) in [7, 11) is 3.03. The number of anilines is 1. The van der Waals surface area contributed by atoms with Crippen molar-refractivity contribution < 1.29 is 23.8 Å². The molecule has 0 atom stereocenters. The molecule has 0 unspecified atom stereocenters. The Morgan fingerprint density at radius 3 is 2.56 bits per heavy atom. The van der Waals surface area contributed by atoms with Gasteiger partial charge in [-0.15, -0.1) is 11.3 Å². The molecule has 3 rings (SSSR count). The van der Waals surface area contributed by atoms with Gasteiger partial charge in [0.25, 0.3) is 5.91 Å². The molecule has 0 aliphatic rings. The first-order chi connectivity index (χ1) is 13.0. The van der Waals surface area contributed by atoms with Crippen LogP contribution < -0.4 is 14.8 Å². The normalized spacial score (nSPS) is 10.5. The highest BCUT2D eigenvalue weighted by molar-refractivity contribution is 7.21. The van der Waals surface area contributed by atoms with Gasteiger partial charge in [0, 0.05) is 10.8 Å². The van der Waals surface area contributed by atoms with E-state index in [1.54, 1.807) is 18.2 Å². The average molecular weight is 385 g/mol. The summed E-state index contributed by atoms with van der Waals surface area (Å²) in [4.78, 5) is 25.1. The molecule has 0 fully saturated rings. The lowest BCUT2D eigenvalue weighted by atomic mass is 10.1. The highest BCUT2D eigenvalue weighted by Gasteiger charge is 2.18. The number of amides is 1. The van der Waals surface area contributed by atoms with Crippen LogP contribution in [-0.2, 0) is 9.53 Å². The monoisotopic (exact) mass is 385 g/mol. The van der Waals surface area contributed by atoms with Gasteiger partial charge in [0.05, 0.1) is 19.9 Å². The zero-order valence-corrected chi connectivity index (χ0v) is 16.0. The Kier molecular flexibility index (Phi) is 5.61. The molecule has 0 bridgehead atoms. The SMILES string of the molecule is COc1ccc(OC)c(NC(=O)COC(=O)c2sc3ccccc3c2C)c1. The van der Waals surface area contributed by atoms with E-state index in [2.05, 4.69) is 5.32 Å². The molecule has 27 heavy (non-hydrogen) atoms. The van der Waals surface area contributed by atoms with Gasteiger partial charge in [0.15, 0.2) is 6.61 Å². The van der Waals surface area contributed by atoms with Crippen molar-refractivity contribution in [2.24, 2.45) is 0 Å². The minimum Gasteiger partial charge on any atom is -0.497 e. The van der Waals surface area contributed by atoms with Crippen LogP contribution in [0.15, 0.2) is 42.5 Å². The Labute approximate surface area is 160 Å².